The fraction of sp³-hybridized carbons (Fsp3) is 0.862. The van der Waals surface area contributed by atoms with E-state index in [1.165, 1.54) is 21.1 Å². The van der Waals surface area contributed by atoms with Crippen molar-refractivity contribution in [2.75, 3.05) is 40.3 Å². The van der Waals surface area contributed by atoms with Crippen LogP contribution in [-0.2, 0) is 66.4 Å². The normalized spacial score (nSPS) is 48.9. The Bertz CT molecular complexity index is 2360. The molecule has 82 heavy (non-hydrogen) atoms. The first kappa shape index (κ1) is 63.7. The van der Waals surface area contributed by atoms with Crippen LogP contribution in [0.5, 0.6) is 0 Å². The Morgan fingerprint density at radius 2 is 1.30 bits per heavy atom. The van der Waals surface area contributed by atoms with Gasteiger partial charge in [-0.25, -0.2) is 4.79 Å². The summed E-state index contributed by atoms with van der Waals surface area (Å²) < 4.78 is 80.2. The summed E-state index contributed by atoms with van der Waals surface area (Å²) in [4.78, 5) is 26.6. The van der Waals surface area contributed by atoms with Crippen LogP contribution in [0.15, 0.2) is 24.3 Å². The molecule has 4 saturated heterocycles. The fourth-order valence-corrected chi connectivity index (χ4v) is 16.1. The van der Waals surface area contributed by atoms with Crippen molar-refractivity contribution in [1.29, 1.82) is 0 Å². The molecule has 0 radical (unpaired) electrons. The molecule has 0 spiro atoms. The average Bonchev–Trinajstić information content (AvgIpc) is 2.26. The lowest BCUT2D eigenvalue weighted by atomic mass is 9.40. The molecule has 24 nitrogen and oxygen atoms in total. The van der Waals surface area contributed by atoms with Gasteiger partial charge < -0.3 is 108 Å². The number of aliphatic hydroxyl groups excluding tert-OH is 5. The number of hydrogen-bond donors (Lipinski definition) is 9. The third-order valence-corrected chi connectivity index (χ3v) is 20.8. The van der Waals surface area contributed by atoms with Crippen LogP contribution in [0.4, 0.5) is 5.69 Å². The predicted octanol–water partition coefficient (Wildman–Crippen LogP) is 1.58. The molecule has 466 valence electrons. The summed E-state index contributed by atoms with van der Waals surface area (Å²) in [5, 5.41) is 94.7. The lowest BCUT2D eigenvalue weighted by molar-refractivity contribution is -0.373. The third-order valence-electron chi connectivity index (χ3n) is 20.8. The maximum Gasteiger partial charge on any atom is 0.340 e. The molecule has 9 rings (SSSR count). The largest absolute Gasteiger partial charge is 0.462 e. The van der Waals surface area contributed by atoms with Gasteiger partial charge in [-0.15, -0.1) is 0 Å². The summed E-state index contributed by atoms with van der Waals surface area (Å²) in [6, 6.07) is 6.86. The van der Waals surface area contributed by atoms with Gasteiger partial charge in [0.15, 0.2) is 25.2 Å². The maximum atomic E-state index is 13.7. The number of methoxy groups -OCH3 is 3. The molecular weight excluding hydrogens is 1080 g/mol. The minimum absolute atomic E-state index is 0.0151. The Kier molecular flexibility index (Phi) is 19.2. The summed E-state index contributed by atoms with van der Waals surface area (Å²) in [6.45, 7) is 11.4. The highest BCUT2D eigenvalue weighted by molar-refractivity contribution is 5.95. The minimum Gasteiger partial charge on any atom is -0.462 e. The van der Waals surface area contributed by atoms with Crippen molar-refractivity contribution in [3.63, 3.8) is 0 Å². The van der Waals surface area contributed by atoms with Crippen molar-refractivity contribution < 1.29 is 112 Å². The zero-order valence-corrected chi connectivity index (χ0v) is 49.1. The zero-order valence-electron chi connectivity index (χ0n) is 49.1. The van der Waals surface area contributed by atoms with Crippen LogP contribution in [0, 0.1) is 22.7 Å². The number of carbonyl (C=O) groups is 2. The van der Waals surface area contributed by atoms with E-state index >= 15 is 0 Å². The van der Waals surface area contributed by atoms with E-state index in [-0.39, 0.29) is 49.7 Å². The number of benzene rings is 1. The van der Waals surface area contributed by atoms with Crippen LogP contribution in [0.25, 0.3) is 0 Å². The molecule has 4 heterocycles. The van der Waals surface area contributed by atoms with Crippen molar-refractivity contribution in [2.24, 2.45) is 22.7 Å². The number of esters is 2. The Labute approximate surface area is 479 Å². The van der Waals surface area contributed by atoms with Crippen molar-refractivity contribution in [3.8, 4) is 0 Å². The van der Waals surface area contributed by atoms with Gasteiger partial charge in [0, 0.05) is 53.8 Å². The van der Waals surface area contributed by atoms with Crippen LogP contribution >= 0.6 is 0 Å². The van der Waals surface area contributed by atoms with Gasteiger partial charge in [-0.3, -0.25) is 4.79 Å². The quantitative estimate of drug-likeness (QED) is 0.0790. The van der Waals surface area contributed by atoms with Gasteiger partial charge in [0.25, 0.3) is 0 Å². The first-order chi connectivity index (χ1) is 38.8. The summed E-state index contributed by atoms with van der Waals surface area (Å²) in [7, 11) is 6.19. The number of fused-ring (bicyclic) bond motifs is 5. The molecule has 9 N–H and O–H groups in total. The molecule has 8 fully saturated rings. The van der Waals surface area contributed by atoms with E-state index in [0.717, 1.165) is 0 Å². The molecule has 1 aromatic rings. The average molecular weight is 1170 g/mol. The number of para-hydroxylation sites is 1. The Balaban J connectivity index is 0.805. The molecule has 1 aromatic carbocycles. The Morgan fingerprint density at radius 3 is 1.93 bits per heavy atom. The van der Waals surface area contributed by atoms with Gasteiger partial charge in [0.2, 0.25) is 0 Å². The van der Waals surface area contributed by atoms with E-state index in [0.29, 0.717) is 37.8 Å². The molecular formula is C58H91NO23. The van der Waals surface area contributed by atoms with E-state index in [1.54, 1.807) is 66.1 Å². The van der Waals surface area contributed by atoms with E-state index < -0.39 is 175 Å². The van der Waals surface area contributed by atoms with E-state index in [4.69, 9.17) is 61.6 Å². The lowest BCUT2D eigenvalue weighted by Crippen LogP contribution is -2.79. The van der Waals surface area contributed by atoms with Crippen molar-refractivity contribution in [3.05, 3.63) is 29.8 Å². The van der Waals surface area contributed by atoms with Gasteiger partial charge in [0.05, 0.1) is 59.8 Å². The lowest BCUT2D eigenvalue weighted by Gasteiger charge is -2.69. The summed E-state index contributed by atoms with van der Waals surface area (Å²) in [5.74, 6) is -1.74. The second-order valence-electron chi connectivity index (χ2n) is 24.9. The highest BCUT2D eigenvalue weighted by Crippen LogP contribution is 2.72. The topological polar surface area (TPSA) is 328 Å². The molecule has 4 aliphatic heterocycles. The highest BCUT2D eigenvalue weighted by atomic mass is 16.8. The molecule has 4 aliphatic carbocycles. The van der Waals surface area contributed by atoms with Crippen LogP contribution in [0.2, 0.25) is 0 Å². The number of ether oxygens (including phenoxy) is 13. The van der Waals surface area contributed by atoms with Gasteiger partial charge in [-0.05, 0) is 108 Å². The molecule has 0 bridgehead atoms. The monoisotopic (exact) mass is 1170 g/mol. The molecule has 8 aliphatic rings. The zero-order chi connectivity index (χ0) is 59.6. The second-order valence-corrected chi connectivity index (χ2v) is 24.9. The number of carbonyl (C=O) groups excluding carboxylic acids is 2. The molecule has 24 heteroatoms. The van der Waals surface area contributed by atoms with Crippen LogP contribution in [0.1, 0.15) is 123 Å². The van der Waals surface area contributed by atoms with Crippen LogP contribution in [-0.4, -0.2) is 234 Å². The fourth-order valence-electron chi connectivity index (χ4n) is 16.1. The van der Waals surface area contributed by atoms with E-state index in [1.807, 2.05) is 6.92 Å². The van der Waals surface area contributed by atoms with Crippen LogP contribution < -0.4 is 5.32 Å². The SMILES string of the molecule is CNc1ccccc1C(=O)O[C@H](C)[C@]1(O)CC[C@@]2(O)[C@]1(C)[C@H](OC(C)=O)C[C@@H]1[C@@]3(C)CC[C@H](O[C@H]4C[C@H](OC)[C@H](OC5C[C@H](OC)[C@H](O[C@@H]6O[C@H](C)[C@@H](O[C@@H]7O[C@H](CO)[C@@H](O)[C@H](O)[C@H]7O)[C@@H](OC)[C@H]6O)[C@@H](C)O5)[C@@H](C)O4)C[C@@H]3CC[C@]12O. The number of aliphatic hydroxyl groups is 8. The highest BCUT2D eigenvalue weighted by Gasteiger charge is 2.82. The maximum absolute atomic E-state index is 13.7. The number of hydrogen-bond acceptors (Lipinski definition) is 24. The molecule has 1 unspecified atom stereocenters. The van der Waals surface area contributed by atoms with Gasteiger partial charge >= 0.3 is 11.9 Å². The van der Waals surface area contributed by atoms with Gasteiger partial charge in [0.1, 0.15) is 78.3 Å². The molecule has 28 atom stereocenters. The number of rotatable bonds is 17. The molecule has 0 aromatic heterocycles. The number of nitrogens with one attached hydrogen (secondary N) is 1. The first-order valence-electron chi connectivity index (χ1n) is 29.2. The van der Waals surface area contributed by atoms with E-state index in [9.17, 15) is 50.4 Å². The van der Waals surface area contributed by atoms with Crippen molar-refractivity contribution >= 4 is 17.6 Å². The van der Waals surface area contributed by atoms with Gasteiger partial charge in [-0.1, -0.05) is 26.0 Å². The summed E-state index contributed by atoms with van der Waals surface area (Å²) in [6.07, 6.45) is -17.3. The van der Waals surface area contributed by atoms with Gasteiger partial charge in [-0.2, -0.15) is 0 Å². The van der Waals surface area contributed by atoms with Crippen LogP contribution in [0.3, 0.4) is 0 Å². The third kappa shape index (κ3) is 11.0. The summed E-state index contributed by atoms with van der Waals surface area (Å²) in [5.41, 5.74) is -6.87. The Morgan fingerprint density at radius 1 is 0.695 bits per heavy atom. The van der Waals surface area contributed by atoms with Crippen molar-refractivity contribution in [1.82, 2.24) is 0 Å². The first-order valence-corrected chi connectivity index (χ1v) is 29.2. The molecule has 4 saturated carbocycles. The smallest absolute Gasteiger partial charge is 0.340 e. The Hall–Kier alpha value is -2.80. The number of anilines is 1. The second kappa shape index (κ2) is 24.8. The molecule has 0 amide bonds. The predicted molar refractivity (Wildman–Crippen MR) is 285 cm³/mol. The van der Waals surface area contributed by atoms with Crippen molar-refractivity contribution in [2.45, 2.75) is 258 Å². The minimum atomic E-state index is -1.93. The summed E-state index contributed by atoms with van der Waals surface area (Å²) >= 11 is 0. The van der Waals surface area contributed by atoms with E-state index in [2.05, 4.69) is 12.2 Å². The standard InChI is InChI=1S/C58H91NO23/c1-27-47(80-42-24-37(71-10)48(28(2)74-42)81-53-46(65)50(72-11)49(29(3)75-53)82-52-45(64)44(63)43(62)38(26-60)79-52)36(70-9)23-41(73-27)78-33-17-18-54(6)32(22-33)16-19-57(68)39(54)25-40(77-31(5)61)55(7)56(67,20-21-58(55,57)69)30(4)76-51(66)34-14-12-13-15-35(34)59-8/h12-15,27-30,32-33,36-50,52-53,59-60,62-65,67-69H,16-26H2,1-11H3/t27-,28-,29-,30-,32+,33+,36+,37+,38-,39-,40-,41+,42?,43-,44+,45-,46-,47-,48-,49-,50+,52+,53+,54+,55-,56-,57+,58-/m1/s1.